The summed E-state index contributed by atoms with van der Waals surface area (Å²) in [4.78, 5) is 29.4. The first-order chi connectivity index (χ1) is 14.0. The topological polar surface area (TPSA) is 110 Å². The Morgan fingerprint density at radius 1 is 1.10 bits per heavy atom. The highest BCUT2D eigenvalue weighted by atomic mass is 16.4. The van der Waals surface area contributed by atoms with Gasteiger partial charge in [-0.15, -0.1) is 5.10 Å². The highest BCUT2D eigenvalue weighted by Gasteiger charge is 2.41. The lowest BCUT2D eigenvalue weighted by Crippen LogP contribution is -2.54. The van der Waals surface area contributed by atoms with Gasteiger partial charge in [0.15, 0.2) is 5.69 Å². The van der Waals surface area contributed by atoms with Gasteiger partial charge in [0.05, 0.1) is 16.9 Å². The zero-order valence-electron chi connectivity index (χ0n) is 16.3. The number of carboxylic acids is 1. The van der Waals surface area contributed by atoms with Crippen molar-refractivity contribution in [1.29, 1.82) is 0 Å². The minimum absolute atomic E-state index is 0.128. The van der Waals surface area contributed by atoms with E-state index < -0.39 is 17.4 Å². The summed E-state index contributed by atoms with van der Waals surface area (Å²) in [5, 5.41) is 21.7. The maximum absolute atomic E-state index is 13.0. The Morgan fingerprint density at radius 2 is 1.83 bits per heavy atom. The fourth-order valence-corrected chi connectivity index (χ4v) is 4.03. The molecule has 0 atom stereocenters. The molecule has 0 aliphatic heterocycles. The van der Waals surface area contributed by atoms with Gasteiger partial charge < -0.3 is 10.4 Å². The Bertz CT molecular complexity index is 1060. The van der Waals surface area contributed by atoms with Crippen molar-refractivity contribution in [3.63, 3.8) is 0 Å². The monoisotopic (exact) mass is 393 g/mol. The molecule has 3 aromatic rings. The predicted octanol–water partition coefficient (Wildman–Crippen LogP) is 3.03. The molecule has 2 heterocycles. The van der Waals surface area contributed by atoms with Gasteiger partial charge in [-0.2, -0.15) is 0 Å². The third-order valence-electron chi connectivity index (χ3n) is 5.67. The molecule has 1 fully saturated rings. The summed E-state index contributed by atoms with van der Waals surface area (Å²) < 4.78 is 1.57. The molecule has 29 heavy (non-hydrogen) atoms. The van der Waals surface area contributed by atoms with Crippen LogP contribution in [0.4, 0.5) is 0 Å². The predicted molar refractivity (Wildman–Crippen MR) is 107 cm³/mol. The molecule has 0 radical (unpaired) electrons. The van der Waals surface area contributed by atoms with Gasteiger partial charge in [0.2, 0.25) is 0 Å². The van der Waals surface area contributed by atoms with Crippen LogP contribution in [0.1, 0.15) is 54.7 Å². The number of benzene rings is 1. The molecule has 0 bridgehead atoms. The van der Waals surface area contributed by atoms with Gasteiger partial charge in [-0.05, 0) is 31.9 Å². The number of aliphatic carboxylic acids is 1. The first kappa shape index (κ1) is 19.0. The first-order valence-electron chi connectivity index (χ1n) is 9.84. The number of nitrogens with one attached hydrogen (secondary N) is 1. The summed E-state index contributed by atoms with van der Waals surface area (Å²) in [6, 6.07) is 9.52. The number of hydrogen-bond donors (Lipinski definition) is 2. The first-order valence-corrected chi connectivity index (χ1v) is 9.84. The largest absolute Gasteiger partial charge is 0.480 e. The number of rotatable bonds is 4. The summed E-state index contributed by atoms with van der Waals surface area (Å²) in [5.74, 6) is -1.50. The number of carboxylic acid groups (broad SMARTS) is 1. The highest BCUT2D eigenvalue weighted by molar-refractivity contribution is 5.97. The lowest BCUT2D eigenvalue weighted by molar-refractivity contribution is -0.145. The second-order valence-electron chi connectivity index (χ2n) is 7.54. The minimum Gasteiger partial charge on any atom is -0.480 e. The molecule has 0 saturated heterocycles. The van der Waals surface area contributed by atoms with Gasteiger partial charge in [0, 0.05) is 11.6 Å². The molecule has 8 heteroatoms. The summed E-state index contributed by atoms with van der Waals surface area (Å²) >= 11 is 0. The van der Waals surface area contributed by atoms with Gasteiger partial charge in [0.25, 0.3) is 5.91 Å². The van der Waals surface area contributed by atoms with Crippen molar-refractivity contribution in [2.75, 3.05) is 0 Å². The van der Waals surface area contributed by atoms with Crippen molar-refractivity contribution < 1.29 is 14.7 Å². The third kappa shape index (κ3) is 3.46. The van der Waals surface area contributed by atoms with Crippen LogP contribution >= 0.6 is 0 Å². The van der Waals surface area contributed by atoms with E-state index >= 15 is 0 Å². The van der Waals surface area contributed by atoms with E-state index in [2.05, 4.69) is 20.6 Å². The Morgan fingerprint density at radius 3 is 2.55 bits per heavy atom. The Hall–Kier alpha value is -3.29. The van der Waals surface area contributed by atoms with Crippen LogP contribution in [0, 0.1) is 6.92 Å². The van der Waals surface area contributed by atoms with E-state index in [1.807, 2.05) is 30.3 Å². The number of para-hydroxylation sites is 1. The maximum atomic E-state index is 13.0. The second kappa shape index (κ2) is 7.62. The Labute approximate surface area is 167 Å². The number of carbonyl (C=O) groups excluding carboxylic acids is 1. The van der Waals surface area contributed by atoms with Crippen LogP contribution in [0.25, 0.3) is 16.6 Å². The quantitative estimate of drug-likeness (QED) is 0.659. The Kier molecular flexibility index (Phi) is 5.00. The minimum atomic E-state index is -1.25. The smallest absolute Gasteiger partial charge is 0.329 e. The molecule has 2 aromatic heterocycles. The molecule has 0 unspecified atom stereocenters. The molecule has 2 N–H and O–H groups in total. The van der Waals surface area contributed by atoms with E-state index in [4.69, 9.17) is 0 Å². The second-order valence-corrected chi connectivity index (χ2v) is 7.54. The average molecular weight is 393 g/mol. The van der Waals surface area contributed by atoms with Crippen LogP contribution in [0.5, 0.6) is 0 Å². The van der Waals surface area contributed by atoms with Crippen LogP contribution in [-0.4, -0.2) is 42.5 Å². The van der Waals surface area contributed by atoms with Crippen LogP contribution < -0.4 is 5.32 Å². The van der Waals surface area contributed by atoms with Crippen LogP contribution in [0.15, 0.2) is 36.5 Å². The molecule has 150 valence electrons. The number of amides is 1. The zero-order chi connectivity index (χ0) is 20.4. The van der Waals surface area contributed by atoms with Crippen molar-refractivity contribution in [3.8, 4) is 5.69 Å². The summed E-state index contributed by atoms with van der Waals surface area (Å²) in [6.07, 6.45) is 6.07. The SMILES string of the molecule is Cc1c(C(=O)NC2(C(=O)O)CCCCCC2)nnn1-c1cccc2cccnc12. The maximum Gasteiger partial charge on any atom is 0.329 e. The highest BCUT2D eigenvalue weighted by Crippen LogP contribution is 2.28. The van der Waals surface area contributed by atoms with Crippen LogP contribution in [0.2, 0.25) is 0 Å². The molecule has 0 spiro atoms. The number of hydrogen-bond acceptors (Lipinski definition) is 5. The van der Waals surface area contributed by atoms with Crippen LogP contribution in [-0.2, 0) is 4.79 Å². The van der Waals surface area contributed by atoms with Crippen molar-refractivity contribution in [3.05, 3.63) is 47.9 Å². The van der Waals surface area contributed by atoms with Crippen molar-refractivity contribution in [1.82, 2.24) is 25.3 Å². The number of pyridine rings is 1. The summed E-state index contributed by atoms with van der Waals surface area (Å²) in [7, 11) is 0. The fraction of sp³-hybridized carbons (Fsp3) is 0.381. The zero-order valence-corrected chi connectivity index (χ0v) is 16.3. The van der Waals surface area contributed by atoms with E-state index in [1.165, 1.54) is 0 Å². The molecule has 1 amide bonds. The van der Waals surface area contributed by atoms with Crippen molar-refractivity contribution in [2.45, 2.75) is 51.0 Å². The number of aromatic nitrogens is 4. The molecule has 1 aromatic carbocycles. The third-order valence-corrected chi connectivity index (χ3v) is 5.67. The molecule has 1 aliphatic carbocycles. The van der Waals surface area contributed by atoms with Crippen LogP contribution in [0.3, 0.4) is 0 Å². The van der Waals surface area contributed by atoms with Gasteiger partial charge in [-0.25, -0.2) is 9.48 Å². The van der Waals surface area contributed by atoms with Gasteiger partial charge in [-0.1, -0.05) is 49.1 Å². The normalized spacial score (nSPS) is 16.3. The van der Waals surface area contributed by atoms with E-state index in [-0.39, 0.29) is 5.69 Å². The standard InChI is InChI=1S/C21H23N5O3/c1-14-17(19(27)23-21(20(28)29)11-4-2-3-5-12-21)24-25-26(14)16-10-6-8-15-9-7-13-22-18(15)16/h6-10,13H,2-5,11-12H2,1H3,(H,23,27)(H,28,29). The van der Waals surface area contributed by atoms with Gasteiger partial charge in [-0.3, -0.25) is 9.78 Å². The lowest BCUT2D eigenvalue weighted by Gasteiger charge is -2.28. The van der Waals surface area contributed by atoms with E-state index in [0.717, 1.165) is 42.3 Å². The number of nitrogens with zero attached hydrogens (tertiary/aromatic N) is 4. The lowest BCUT2D eigenvalue weighted by atomic mass is 9.90. The van der Waals surface area contributed by atoms with Crippen molar-refractivity contribution >= 4 is 22.8 Å². The fourth-order valence-electron chi connectivity index (χ4n) is 4.03. The molecule has 1 saturated carbocycles. The number of carbonyl (C=O) groups is 2. The van der Waals surface area contributed by atoms with E-state index in [1.54, 1.807) is 17.8 Å². The molecular formula is C21H23N5O3. The van der Waals surface area contributed by atoms with Gasteiger partial charge in [0.1, 0.15) is 5.54 Å². The summed E-state index contributed by atoms with van der Waals surface area (Å²) in [5.41, 5.74) is 0.887. The number of fused-ring (bicyclic) bond motifs is 1. The van der Waals surface area contributed by atoms with Crippen molar-refractivity contribution in [2.24, 2.45) is 0 Å². The Balaban J connectivity index is 1.67. The summed E-state index contributed by atoms with van der Waals surface area (Å²) in [6.45, 7) is 1.75. The van der Waals surface area contributed by atoms with Gasteiger partial charge >= 0.3 is 5.97 Å². The molecular weight excluding hydrogens is 370 g/mol. The average Bonchev–Trinajstić information content (AvgIpc) is 2.94. The van der Waals surface area contributed by atoms with E-state index in [0.29, 0.717) is 18.5 Å². The molecule has 8 nitrogen and oxygen atoms in total. The molecule has 4 rings (SSSR count). The van der Waals surface area contributed by atoms with E-state index in [9.17, 15) is 14.7 Å². The molecule has 1 aliphatic rings.